The van der Waals surface area contributed by atoms with Gasteiger partial charge in [0.2, 0.25) is 10.0 Å². The van der Waals surface area contributed by atoms with Crippen molar-refractivity contribution >= 4 is 10.0 Å². The first-order valence-electron chi connectivity index (χ1n) is 4.35. The van der Waals surface area contributed by atoms with E-state index in [0.717, 1.165) is 19.4 Å². The highest BCUT2D eigenvalue weighted by Crippen LogP contribution is 2.06. The summed E-state index contributed by atoms with van der Waals surface area (Å²) < 4.78 is 25.0. The monoisotopic (exact) mass is 192 g/mol. The Morgan fingerprint density at radius 3 is 2.83 bits per heavy atom. The number of sulfonamides is 1. The van der Waals surface area contributed by atoms with Gasteiger partial charge in [0.15, 0.2) is 0 Å². The third-order valence-corrected chi connectivity index (χ3v) is 3.52. The Bertz CT molecular complexity index is 220. The standard InChI is InChI=1S/C7H16N2O2S/c1-2-9-12(10,11)6-7-4-3-5-8-7/h7-9H,2-6H2,1H3/t7-/m1/s1. The van der Waals surface area contributed by atoms with Crippen LogP contribution < -0.4 is 10.0 Å². The van der Waals surface area contributed by atoms with Gasteiger partial charge in [0.1, 0.15) is 0 Å². The second-order valence-corrected chi connectivity index (χ2v) is 4.92. The molecule has 0 aromatic carbocycles. The van der Waals surface area contributed by atoms with E-state index in [4.69, 9.17) is 0 Å². The van der Waals surface area contributed by atoms with Gasteiger partial charge in [-0.15, -0.1) is 0 Å². The van der Waals surface area contributed by atoms with Gasteiger partial charge in [-0.3, -0.25) is 0 Å². The van der Waals surface area contributed by atoms with Crippen molar-refractivity contribution in [3.63, 3.8) is 0 Å². The molecule has 0 saturated carbocycles. The molecule has 4 nitrogen and oxygen atoms in total. The quantitative estimate of drug-likeness (QED) is 0.641. The molecule has 0 bridgehead atoms. The molecule has 1 heterocycles. The maximum absolute atomic E-state index is 11.2. The Kier molecular flexibility index (Phi) is 3.49. The molecule has 0 amide bonds. The fourth-order valence-corrected chi connectivity index (χ4v) is 2.81. The van der Waals surface area contributed by atoms with Crippen LogP contribution in [0.4, 0.5) is 0 Å². The van der Waals surface area contributed by atoms with Crippen molar-refractivity contribution in [2.75, 3.05) is 18.8 Å². The Morgan fingerprint density at radius 2 is 2.33 bits per heavy atom. The highest BCUT2D eigenvalue weighted by molar-refractivity contribution is 7.89. The SMILES string of the molecule is CCNS(=O)(=O)C[C@H]1CCCN1. The average molecular weight is 192 g/mol. The van der Waals surface area contributed by atoms with E-state index in [1.807, 2.05) is 0 Å². The molecule has 0 aromatic rings. The van der Waals surface area contributed by atoms with Crippen LogP contribution in [-0.4, -0.2) is 33.3 Å². The van der Waals surface area contributed by atoms with Crippen LogP contribution in [0.1, 0.15) is 19.8 Å². The number of hydrogen-bond donors (Lipinski definition) is 2. The normalized spacial score (nSPS) is 24.6. The Hall–Kier alpha value is -0.130. The van der Waals surface area contributed by atoms with Crippen LogP contribution in [-0.2, 0) is 10.0 Å². The summed E-state index contributed by atoms with van der Waals surface area (Å²) in [4.78, 5) is 0. The molecule has 0 unspecified atom stereocenters. The van der Waals surface area contributed by atoms with Crippen LogP contribution in [0.15, 0.2) is 0 Å². The number of nitrogens with one attached hydrogen (secondary N) is 2. The minimum absolute atomic E-state index is 0.161. The molecule has 72 valence electrons. The summed E-state index contributed by atoms with van der Waals surface area (Å²) in [7, 11) is -3.03. The summed E-state index contributed by atoms with van der Waals surface area (Å²) in [5.41, 5.74) is 0. The Labute approximate surface area is 73.8 Å². The molecule has 1 fully saturated rings. The molecule has 1 atom stereocenters. The van der Waals surface area contributed by atoms with Gasteiger partial charge in [0, 0.05) is 12.6 Å². The molecule has 5 heteroatoms. The fraction of sp³-hybridized carbons (Fsp3) is 1.00. The molecule has 12 heavy (non-hydrogen) atoms. The van der Waals surface area contributed by atoms with E-state index >= 15 is 0 Å². The molecule has 0 aliphatic carbocycles. The van der Waals surface area contributed by atoms with Crippen molar-refractivity contribution in [2.45, 2.75) is 25.8 Å². The largest absolute Gasteiger partial charge is 0.313 e. The molecular weight excluding hydrogens is 176 g/mol. The van der Waals surface area contributed by atoms with Crippen LogP contribution in [0, 0.1) is 0 Å². The lowest BCUT2D eigenvalue weighted by Crippen LogP contribution is -2.36. The second kappa shape index (κ2) is 4.20. The van der Waals surface area contributed by atoms with Crippen LogP contribution in [0.25, 0.3) is 0 Å². The van der Waals surface area contributed by atoms with Gasteiger partial charge in [-0.05, 0) is 19.4 Å². The third kappa shape index (κ3) is 3.08. The van der Waals surface area contributed by atoms with E-state index in [0.29, 0.717) is 6.54 Å². The molecule has 2 N–H and O–H groups in total. The first-order valence-corrected chi connectivity index (χ1v) is 6.00. The zero-order chi connectivity index (χ0) is 9.03. The Morgan fingerprint density at radius 1 is 1.58 bits per heavy atom. The molecule has 1 aliphatic heterocycles. The topological polar surface area (TPSA) is 58.2 Å². The molecule has 1 aliphatic rings. The summed E-state index contributed by atoms with van der Waals surface area (Å²) in [5.74, 6) is 0.223. The first kappa shape index (κ1) is 9.95. The molecular formula is C7H16N2O2S. The van der Waals surface area contributed by atoms with Gasteiger partial charge in [-0.25, -0.2) is 13.1 Å². The fourth-order valence-electron chi connectivity index (χ4n) is 1.44. The van der Waals surface area contributed by atoms with Crippen molar-refractivity contribution < 1.29 is 8.42 Å². The first-order chi connectivity index (χ1) is 5.64. The highest BCUT2D eigenvalue weighted by atomic mass is 32.2. The van der Waals surface area contributed by atoms with Crippen LogP contribution in [0.2, 0.25) is 0 Å². The molecule has 0 aromatic heterocycles. The van der Waals surface area contributed by atoms with Gasteiger partial charge >= 0.3 is 0 Å². The van der Waals surface area contributed by atoms with Crippen LogP contribution in [0.3, 0.4) is 0 Å². The summed E-state index contributed by atoms with van der Waals surface area (Å²) >= 11 is 0. The highest BCUT2D eigenvalue weighted by Gasteiger charge is 2.20. The van der Waals surface area contributed by atoms with Crippen molar-refractivity contribution in [3.8, 4) is 0 Å². The lowest BCUT2D eigenvalue weighted by Gasteiger charge is -2.10. The summed E-state index contributed by atoms with van der Waals surface area (Å²) in [6.45, 7) is 3.22. The molecule has 1 rings (SSSR count). The zero-order valence-corrected chi connectivity index (χ0v) is 8.15. The lowest BCUT2D eigenvalue weighted by atomic mass is 10.3. The van der Waals surface area contributed by atoms with Gasteiger partial charge in [0.25, 0.3) is 0 Å². The summed E-state index contributed by atoms with van der Waals surface area (Å²) in [5, 5.41) is 3.15. The maximum Gasteiger partial charge on any atom is 0.213 e. The molecule has 0 radical (unpaired) electrons. The van der Waals surface area contributed by atoms with E-state index in [1.165, 1.54) is 0 Å². The summed E-state index contributed by atoms with van der Waals surface area (Å²) in [6, 6.07) is 0.161. The van der Waals surface area contributed by atoms with Crippen molar-refractivity contribution in [3.05, 3.63) is 0 Å². The zero-order valence-electron chi connectivity index (χ0n) is 7.34. The van der Waals surface area contributed by atoms with Crippen molar-refractivity contribution in [1.29, 1.82) is 0 Å². The summed E-state index contributed by atoms with van der Waals surface area (Å²) in [6.07, 6.45) is 2.07. The van der Waals surface area contributed by atoms with Gasteiger partial charge in [-0.2, -0.15) is 0 Å². The van der Waals surface area contributed by atoms with Gasteiger partial charge in [-0.1, -0.05) is 6.92 Å². The second-order valence-electron chi connectivity index (χ2n) is 3.07. The number of hydrogen-bond acceptors (Lipinski definition) is 3. The van der Waals surface area contributed by atoms with E-state index in [2.05, 4.69) is 10.0 Å². The van der Waals surface area contributed by atoms with E-state index < -0.39 is 10.0 Å². The molecule has 0 spiro atoms. The lowest BCUT2D eigenvalue weighted by molar-refractivity contribution is 0.566. The Balaban J connectivity index is 2.38. The van der Waals surface area contributed by atoms with E-state index in [1.54, 1.807) is 6.92 Å². The minimum atomic E-state index is -3.03. The third-order valence-electron chi connectivity index (χ3n) is 1.95. The van der Waals surface area contributed by atoms with Gasteiger partial charge < -0.3 is 5.32 Å². The predicted octanol–water partition coefficient (Wildman–Crippen LogP) is -0.322. The average Bonchev–Trinajstić information content (AvgIpc) is 2.38. The number of rotatable bonds is 4. The van der Waals surface area contributed by atoms with E-state index in [9.17, 15) is 8.42 Å². The maximum atomic E-state index is 11.2. The van der Waals surface area contributed by atoms with Gasteiger partial charge in [0.05, 0.1) is 5.75 Å². The van der Waals surface area contributed by atoms with Crippen LogP contribution in [0.5, 0.6) is 0 Å². The minimum Gasteiger partial charge on any atom is -0.313 e. The van der Waals surface area contributed by atoms with Crippen molar-refractivity contribution in [1.82, 2.24) is 10.0 Å². The predicted molar refractivity (Wildman–Crippen MR) is 48.5 cm³/mol. The van der Waals surface area contributed by atoms with Crippen molar-refractivity contribution in [2.24, 2.45) is 0 Å². The smallest absolute Gasteiger partial charge is 0.213 e. The van der Waals surface area contributed by atoms with Crippen LogP contribution >= 0.6 is 0 Å². The van der Waals surface area contributed by atoms with E-state index in [-0.39, 0.29) is 11.8 Å². The molecule has 1 saturated heterocycles.